The van der Waals surface area contributed by atoms with Crippen molar-refractivity contribution in [3.8, 4) is 0 Å². The van der Waals surface area contributed by atoms with Gasteiger partial charge in [-0.1, -0.05) is 6.92 Å². The van der Waals surface area contributed by atoms with Crippen LogP contribution in [0.25, 0.3) is 0 Å². The summed E-state index contributed by atoms with van der Waals surface area (Å²) in [7, 11) is 0. The van der Waals surface area contributed by atoms with Crippen LogP contribution in [0.2, 0.25) is 0 Å². The molecule has 0 aromatic heterocycles. The third kappa shape index (κ3) is 7.59. The maximum Gasteiger partial charge on any atom is 0.348 e. The maximum atomic E-state index is 11.4. The fourth-order valence-electron chi connectivity index (χ4n) is 0.841. The van der Waals surface area contributed by atoms with Gasteiger partial charge in [-0.25, -0.2) is 4.79 Å². The fourth-order valence-corrected chi connectivity index (χ4v) is 1.10. The van der Waals surface area contributed by atoms with E-state index in [0.717, 1.165) is 0 Å². The molecule has 0 aromatic carbocycles. The highest BCUT2D eigenvalue weighted by Crippen LogP contribution is 2.13. The van der Waals surface area contributed by atoms with Gasteiger partial charge < -0.3 is 0 Å². The van der Waals surface area contributed by atoms with Gasteiger partial charge in [0.05, 0.1) is 11.5 Å². The van der Waals surface area contributed by atoms with E-state index in [1.807, 2.05) is 6.92 Å². The van der Waals surface area contributed by atoms with E-state index >= 15 is 0 Å². The molecule has 0 aliphatic rings. The Kier molecular flexibility index (Phi) is 6.89. The van der Waals surface area contributed by atoms with Gasteiger partial charge in [-0.3, -0.25) is 4.89 Å². The molecule has 0 saturated carbocycles. The second kappa shape index (κ2) is 7.04. The largest absolute Gasteiger partial charge is 0.348 e. The zero-order chi connectivity index (χ0) is 11.9. The first kappa shape index (κ1) is 14.7. The maximum absolute atomic E-state index is 11.4. The first-order valence-corrected chi connectivity index (χ1v) is 5.56. The lowest BCUT2D eigenvalue weighted by Crippen LogP contribution is -2.23. The zero-order valence-corrected chi connectivity index (χ0v) is 10.5. The van der Waals surface area contributed by atoms with Crippen LogP contribution in [-0.4, -0.2) is 17.5 Å². The molecular weight excluding hydrogens is 220 g/mol. The molecule has 0 spiro atoms. The van der Waals surface area contributed by atoms with E-state index < -0.39 is 11.6 Å². The van der Waals surface area contributed by atoms with E-state index in [0.29, 0.717) is 18.7 Å². The number of hydrogen-bond acceptors (Lipinski definition) is 4. The summed E-state index contributed by atoms with van der Waals surface area (Å²) < 4.78 is 0. The van der Waals surface area contributed by atoms with Crippen LogP contribution in [0.15, 0.2) is 0 Å². The molecule has 0 bridgehead atoms. The summed E-state index contributed by atoms with van der Waals surface area (Å²) in [6, 6.07) is 0. The van der Waals surface area contributed by atoms with Crippen LogP contribution in [0.3, 0.4) is 0 Å². The van der Waals surface area contributed by atoms with Crippen LogP contribution in [-0.2, 0) is 19.6 Å². The molecule has 90 valence electrons. The molecule has 0 rings (SSSR count). The Hall–Kier alpha value is -0.320. The Bertz CT molecular complexity index is 188. The topological polar surface area (TPSA) is 44.8 Å². The van der Waals surface area contributed by atoms with Crippen LogP contribution in [0.5, 0.6) is 0 Å². The average molecular weight is 239 g/mol. The Morgan fingerprint density at radius 2 is 2.00 bits per heavy atom. The summed E-state index contributed by atoms with van der Waals surface area (Å²) in [5.74, 6) is -0.248. The van der Waals surface area contributed by atoms with Crippen molar-refractivity contribution in [2.75, 3.05) is 5.88 Å². The zero-order valence-electron chi connectivity index (χ0n) is 9.71. The molecule has 0 aromatic rings. The van der Waals surface area contributed by atoms with Crippen molar-refractivity contribution >= 4 is 17.6 Å². The van der Waals surface area contributed by atoms with Gasteiger partial charge >= 0.3 is 5.97 Å². The minimum Gasteiger partial charge on any atom is -0.269 e. The number of rotatable bonds is 6. The second-order valence-electron chi connectivity index (χ2n) is 4.25. The third-order valence-electron chi connectivity index (χ3n) is 1.68. The van der Waals surface area contributed by atoms with Gasteiger partial charge in [0.2, 0.25) is 0 Å². The first-order chi connectivity index (χ1) is 6.90. The van der Waals surface area contributed by atoms with Crippen LogP contribution in [0, 0.1) is 5.92 Å². The highest BCUT2D eigenvalue weighted by Gasteiger charge is 2.20. The van der Waals surface area contributed by atoms with Gasteiger partial charge in [-0.2, -0.15) is 4.89 Å². The van der Waals surface area contributed by atoms with E-state index in [-0.39, 0.29) is 5.92 Å². The second-order valence-corrected chi connectivity index (χ2v) is 4.63. The van der Waals surface area contributed by atoms with Crippen molar-refractivity contribution < 1.29 is 19.6 Å². The lowest BCUT2D eigenvalue weighted by molar-refractivity contribution is -0.515. The van der Waals surface area contributed by atoms with Crippen LogP contribution in [0.1, 0.15) is 40.5 Å². The number of carbonyl (C=O) groups excluding carboxylic acids is 1. The summed E-state index contributed by atoms with van der Waals surface area (Å²) >= 11 is 5.55. The van der Waals surface area contributed by atoms with Crippen LogP contribution >= 0.6 is 11.6 Å². The van der Waals surface area contributed by atoms with Gasteiger partial charge in [-0.15, -0.1) is 11.6 Å². The normalized spacial score (nSPS) is 13.7. The molecule has 0 saturated heterocycles. The minimum absolute atomic E-state index is 0.230. The van der Waals surface area contributed by atoms with Crippen molar-refractivity contribution in [3.05, 3.63) is 0 Å². The molecule has 0 aliphatic heterocycles. The summed E-state index contributed by atoms with van der Waals surface area (Å²) in [4.78, 5) is 20.7. The van der Waals surface area contributed by atoms with E-state index in [4.69, 9.17) is 16.5 Å². The highest BCUT2D eigenvalue weighted by molar-refractivity contribution is 6.17. The van der Waals surface area contributed by atoms with Crippen molar-refractivity contribution in [3.63, 3.8) is 0 Å². The molecule has 0 aliphatic carbocycles. The van der Waals surface area contributed by atoms with Gasteiger partial charge in [0.1, 0.15) is 0 Å². The van der Waals surface area contributed by atoms with Crippen molar-refractivity contribution in [1.29, 1.82) is 0 Å². The smallest absolute Gasteiger partial charge is 0.269 e. The Morgan fingerprint density at radius 1 is 1.40 bits per heavy atom. The fraction of sp³-hybridized carbons (Fsp3) is 0.900. The number of halogens is 1. The quantitative estimate of drug-likeness (QED) is 0.406. The van der Waals surface area contributed by atoms with Crippen molar-refractivity contribution in [1.82, 2.24) is 0 Å². The lowest BCUT2D eigenvalue weighted by Gasteiger charge is -2.16. The average Bonchev–Trinajstić information content (AvgIpc) is 2.11. The Labute approximate surface area is 95.7 Å². The van der Waals surface area contributed by atoms with E-state index in [1.54, 1.807) is 20.8 Å². The van der Waals surface area contributed by atoms with Gasteiger partial charge in [0.15, 0.2) is 0 Å². The molecular formula is C10H19ClO4. The summed E-state index contributed by atoms with van der Waals surface area (Å²) in [5.41, 5.74) is -0.505. The molecule has 15 heavy (non-hydrogen) atoms. The minimum atomic E-state index is -0.505. The van der Waals surface area contributed by atoms with Gasteiger partial charge in [0, 0.05) is 5.88 Å². The number of carbonyl (C=O) groups is 1. The molecule has 0 heterocycles. The Morgan fingerprint density at radius 3 is 2.40 bits per heavy atom. The molecule has 4 nitrogen and oxygen atoms in total. The predicted octanol–water partition coefficient (Wildman–Crippen LogP) is 2.85. The lowest BCUT2D eigenvalue weighted by atomic mass is 10.0. The standard InChI is InChI=1S/C10H19ClO4/c1-5-8(6-7-11)9(12)13-15-14-10(2,3)4/h8H,5-7H2,1-4H3. The molecule has 1 atom stereocenters. The predicted molar refractivity (Wildman–Crippen MR) is 57.1 cm³/mol. The van der Waals surface area contributed by atoms with Crippen molar-refractivity contribution in [2.24, 2.45) is 5.92 Å². The summed E-state index contributed by atoms with van der Waals surface area (Å²) in [6.07, 6.45) is 1.25. The van der Waals surface area contributed by atoms with Crippen LogP contribution < -0.4 is 0 Å². The number of alkyl halides is 1. The number of hydrogen-bond donors (Lipinski definition) is 0. The molecule has 0 amide bonds. The SMILES string of the molecule is CCC(CCCl)C(=O)OOOC(C)(C)C. The van der Waals surface area contributed by atoms with Gasteiger partial charge in [-0.05, 0) is 38.7 Å². The molecule has 0 radical (unpaired) electrons. The van der Waals surface area contributed by atoms with Crippen LogP contribution in [0.4, 0.5) is 0 Å². The summed E-state index contributed by atoms with van der Waals surface area (Å²) in [5, 5.41) is 4.40. The van der Waals surface area contributed by atoms with E-state index in [2.05, 4.69) is 9.93 Å². The van der Waals surface area contributed by atoms with Gasteiger partial charge in [0.25, 0.3) is 0 Å². The Balaban J connectivity index is 3.81. The summed E-state index contributed by atoms with van der Waals surface area (Å²) in [6.45, 7) is 7.26. The van der Waals surface area contributed by atoms with Crippen molar-refractivity contribution in [2.45, 2.75) is 46.1 Å². The monoisotopic (exact) mass is 238 g/mol. The van der Waals surface area contributed by atoms with E-state index in [1.165, 1.54) is 0 Å². The molecule has 0 fully saturated rings. The molecule has 5 heteroatoms. The molecule has 0 N–H and O–H groups in total. The first-order valence-electron chi connectivity index (χ1n) is 5.03. The highest BCUT2D eigenvalue weighted by atomic mass is 35.5. The molecule has 1 unspecified atom stereocenters. The third-order valence-corrected chi connectivity index (χ3v) is 1.90. The van der Waals surface area contributed by atoms with E-state index in [9.17, 15) is 4.79 Å².